The van der Waals surface area contributed by atoms with Gasteiger partial charge in [0.05, 0.1) is 5.56 Å². The molecule has 0 saturated heterocycles. The molecule has 2 aromatic carbocycles. The molecule has 0 spiro atoms. The molecule has 0 aliphatic carbocycles. The maximum absolute atomic E-state index is 9.00. The number of ether oxygens (including phenoxy) is 2. The third-order valence-electron chi connectivity index (χ3n) is 4.14. The molecule has 0 N–H and O–H groups in total. The number of hydrogen-bond acceptors (Lipinski definition) is 3. The predicted octanol–water partition coefficient (Wildman–Crippen LogP) is 4.70. The highest BCUT2D eigenvalue weighted by Gasteiger charge is 2.17. The largest absolute Gasteiger partial charge is 0.490 e. The van der Waals surface area contributed by atoms with Gasteiger partial charge in [0.1, 0.15) is 30.8 Å². The predicted molar refractivity (Wildman–Crippen MR) is 91.9 cm³/mol. The van der Waals surface area contributed by atoms with Gasteiger partial charge in [0.15, 0.2) is 0 Å². The SMILES string of the molecule is CCC(C)(C)c1ccc(OCCOc2ccccc2C#N)cc1. The van der Waals surface area contributed by atoms with Gasteiger partial charge in [-0.3, -0.25) is 0 Å². The molecule has 3 heteroatoms. The van der Waals surface area contributed by atoms with E-state index < -0.39 is 0 Å². The van der Waals surface area contributed by atoms with Gasteiger partial charge < -0.3 is 9.47 Å². The topological polar surface area (TPSA) is 42.2 Å². The molecule has 3 nitrogen and oxygen atoms in total. The fourth-order valence-corrected chi connectivity index (χ4v) is 2.20. The normalized spacial score (nSPS) is 10.9. The van der Waals surface area contributed by atoms with Crippen LogP contribution in [0.4, 0.5) is 0 Å². The minimum absolute atomic E-state index is 0.183. The van der Waals surface area contributed by atoms with E-state index in [1.54, 1.807) is 12.1 Å². The lowest BCUT2D eigenvalue weighted by atomic mass is 9.82. The summed E-state index contributed by atoms with van der Waals surface area (Å²) in [4.78, 5) is 0. The van der Waals surface area contributed by atoms with Crippen LogP contribution in [0.5, 0.6) is 11.5 Å². The van der Waals surface area contributed by atoms with Crippen molar-refractivity contribution in [1.82, 2.24) is 0 Å². The molecule has 0 unspecified atom stereocenters. The molecular weight excluding hydrogens is 286 g/mol. The van der Waals surface area contributed by atoms with Gasteiger partial charge in [0.25, 0.3) is 0 Å². The van der Waals surface area contributed by atoms with Crippen molar-refractivity contribution in [3.8, 4) is 17.6 Å². The second kappa shape index (κ2) is 7.69. The number of hydrogen-bond donors (Lipinski definition) is 0. The van der Waals surface area contributed by atoms with Crippen LogP contribution in [0.2, 0.25) is 0 Å². The smallest absolute Gasteiger partial charge is 0.137 e. The first-order chi connectivity index (χ1) is 11.1. The van der Waals surface area contributed by atoms with Crippen molar-refractivity contribution in [3.63, 3.8) is 0 Å². The summed E-state index contributed by atoms with van der Waals surface area (Å²) in [6, 6.07) is 17.5. The third-order valence-corrected chi connectivity index (χ3v) is 4.14. The highest BCUT2D eigenvalue weighted by Crippen LogP contribution is 2.28. The monoisotopic (exact) mass is 309 g/mol. The first-order valence-electron chi connectivity index (χ1n) is 7.92. The Morgan fingerprint density at radius 3 is 2.26 bits per heavy atom. The average molecular weight is 309 g/mol. The van der Waals surface area contributed by atoms with Crippen LogP contribution in [0.3, 0.4) is 0 Å². The van der Waals surface area contributed by atoms with Crippen LogP contribution in [0.1, 0.15) is 38.3 Å². The van der Waals surface area contributed by atoms with Crippen molar-refractivity contribution >= 4 is 0 Å². The molecule has 23 heavy (non-hydrogen) atoms. The van der Waals surface area contributed by atoms with E-state index in [1.807, 2.05) is 24.3 Å². The summed E-state index contributed by atoms with van der Waals surface area (Å²) >= 11 is 0. The number of benzene rings is 2. The highest BCUT2D eigenvalue weighted by molar-refractivity contribution is 5.42. The van der Waals surface area contributed by atoms with E-state index in [2.05, 4.69) is 39.0 Å². The number of rotatable bonds is 7. The highest BCUT2D eigenvalue weighted by atomic mass is 16.5. The van der Waals surface area contributed by atoms with Crippen LogP contribution in [-0.2, 0) is 5.41 Å². The summed E-state index contributed by atoms with van der Waals surface area (Å²) in [5.41, 5.74) is 2.04. The van der Waals surface area contributed by atoms with Gasteiger partial charge in [-0.2, -0.15) is 5.26 Å². The minimum atomic E-state index is 0.183. The Hall–Kier alpha value is -2.47. The second-order valence-electron chi connectivity index (χ2n) is 6.07. The van der Waals surface area contributed by atoms with Crippen molar-refractivity contribution in [2.45, 2.75) is 32.6 Å². The minimum Gasteiger partial charge on any atom is -0.490 e. The van der Waals surface area contributed by atoms with E-state index in [0.717, 1.165) is 12.2 Å². The van der Waals surface area contributed by atoms with Gasteiger partial charge in [-0.25, -0.2) is 0 Å². The van der Waals surface area contributed by atoms with Gasteiger partial charge in [0, 0.05) is 0 Å². The van der Waals surface area contributed by atoms with Gasteiger partial charge in [-0.15, -0.1) is 0 Å². The lowest BCUT2D eigenvalue weighted by molar-refractivity contribution is 0.216. The Morgan fingerprint density at radius 1 is 0.957 bits per heavy atom. The Bertz CT molecular complexity index is 669. The molecule has 0 radical (unpaired) electrons. The molecule has 0 amide bonds. The zero-order valence-corrected chi connectivity index (χ0v) is 14.0. The Morgan fingerprint density at radius 2 is 1.61 bits per heavy atom. The van der Waals surface area contributed by atoms with E-state index in [9.17, 15) is 0 Å². The van der Waals surface area contributed by atoms with Gasteiger partial charge in [0.2, 0.25) is 0 Å². The van der Waals surface area contributed by atoms with E-state index in [1.165, 1.54) is 5.56 Å². The molecule has 0 aliphatic heterocycles. The summed E-state index contributed by atoms with van der Waals surface area (Å²) in [5.74, 6) is 1.43. The molecule has 0 bridgehead atoms. The Kier molecular flexibility index (Phi) is 5.65. The summed E-state index contributed by atoms with van der Waals surface area (Å²) < 4.78 is 11.3. The van der Waals surface area contributed by atoms with Crippen LogP contribution < -0.4 is 9.47 Å². The summed E-state index contributed by atoms with van der Waals surface area (Å²) in [7, 11) is 0. The quantitative estimate of drug-likeness (QED) is 0.696. The second-order valence-corrected chi connectivity index (χ2v) is 6.07. The first-order valence-corrected chi connectivity index (χ1v) is 7.92. The summed E-state index contributed by atoms with van der Waals surface area (Å²) in [5, 5.41) is 9.00. The summed E-state index contributed by atoms with van der Waals surface area (Å²) in [6.07, 6.45) is 1.10. The van der Waals surface area contributed by atoms with E-state index >= 15 is 0 Å². The molecule has 0 saturated carbocycles. The van der Waals surface area contributed by atoms with E-state index in [4.69, 9.17) is 14.7 Å². The maximum atomic E-state index is 9.00. The fourth-order valence-electron chi connectivity index (χ4n) is 2.20. The molecular formula is C20H23NO2. The van der Waals surface area contributed by atoms with Crippen LogP contribution in [0.15, 0.2) is 48.5 Å². The van der Waals surface area contributed by atoms with Gasteiger partial charge in [-0.1, -0.05) is 45.0 Å². The molecule has 2 rings (SSSR count). The van der Waals surface area contributed by atoms with Crippen molar-refractivity contribution in [2.75, 3.05) is 13.2 Å². The molecule has 0 heterocycles. The zero-order chi connectivity index (χ0) is 16.7. The zero-order valence-electron chi connectivity index (χ0n) is 14.0. The molecule has 2 aromatic rings. The number of nitrogens with zero attached hydrogens (tertiary/aromatic N) is 1. The average Bonchev–Trinajstić information content (AvgIpc) is 2.59. The van der Waals surface area contributed by atoms with Crippen molar-refractivity contribution < 1.29 is 9.47 Å². The maximum Gasteiger partial charge on any atom is 0.137 e. The molecule has 0 aliphatic rings. The van der Waals surface area contributed by atoms with Gasteiger partial charge >= 0.3 is 0 Å². The van der Waals surface area contributed by atoms with E-state index in [0.29, 0.717) is 24.5 Å². The van der Waals surface area contributed by atoms with E-state index in [-0.39, 0.29) is 5.41 Å². The van der Waals surface area contributed by atoms with Crippen LogP contribution in [0, 0.1) is 11.3 Å². The lowest BCUT2D eigenvalue weighted by Gasteiger charge is -2.23. The van der Waals surface area contributed by atoms with Crippen LogP contribution in [-0.4, -0.2) is 13.2 Å². The number of para-hydroxylation sites is 1. The van der Waals surface area contributed by atoms with Crippen LogP contribution in [0.25, 0.3) is 0 Å². The summed E-state index contributed by atoms with van der Waals surface area (Å²) in [6.45, 7) is 7.52. The Balaban J connectivity index is 1.84. The molecule has 0 fully saturated rings. The number of nitriles is 1. The first kappa shape index (κ1) is 16.9. The van der Waals surface area contributed by atoms with Crippen molar-refractivity contribution in [1.29, 1.82) is 5.26 Å². The van der Waals surface area contributed by atoms with Crippen molar-refractivity contribution in [3.05, 3.63) is 59.7 Å². The standard InChI is InChI=1S/C20H23NO2/c1-4-20(2,3)17-9-11-18(12-10-17)22-13-14-23-19-8-6-5-7-16(19)15-21/h5-12H,4,13-14H2,1-3H3. The molecule has 120 valence electrons. The molecule has 0 aromatic heterocycles. The fraction of sp³-hybridized carbons (Fsp3) is 0.350. The van der Waals surface area contributed by atoms with Crippen molar-refractivity contribution in [2.24, 2.45) is 0 Å². The van der Waals surface area contributed by atoms with Gasteiger partial charge in [-0.05, 0) is 41.7 Å². The van der Waals surface area contributed by atoms with Crippen LogP contribution >= 0.6 is 0 Å². The Labute approximate surface area is 138 Å². The molecule has 0 atom stereocenters. The third kappa shape index (κ3) is 4.50. The lowest BCUT2D eigenvalue weighted by Crippen LogP contribution is -2.15.